The van der Waals surface area contributed by atoms with Gasteiger partial charge in [-0.1, -0.05) is 5.92 Å². The highest BCUT2D eigenvalue weighted by Crippen LogP contribution is 2.03. The summed E-state index contributed by atoms with van der Waals surface area (Å²) in [5.41, 5.74) is 6.75. The minimum Gasteiger partial charge on any atom is -0.366 e. The van der Waals surface area contributed by atoms with Crippen molar-refractivity contribution < 1.29 is 4.79 Å². The lowest BCUT2D eigenvalue weighted by Gasteiger charge is -1.96. The molecule has 0 saturated heterocycles. The molecule has 0 fully saturated rings. The van der Waals surface area contributed by atoms with E-state index in [0.29, 0.717) is 11.3 Å². The van der Waals surface area contributed by atoms with Crippen LogP contribution in [0.3, 0.4) is 0 Å². The molecule has 4 heteroatoms. The molecule has 0 unspecified atom stereocenters. The summed E-state index contributed by atoms with van der Waals surface area (Å²) < 4.78 is 0. The molecule has 2 N–H and O–H groups in total. The first-order chi connectivity index (χ1) is 8.27. The van der Waals surface area contributed by atoms with Crippen molar-refractivity contribution in [3.63, 3.8) is 0 Å². The van der Waals surface area contributed by atoms with Crippen LogP contribution in [0.4, 0.5) is 0 Å². The SMILES string of the molecule is NC(=O)c1cccnc1C#Cc1ccncc1. The van der Waals surface area contributed by atoms with E-state index in [4.69, 9.17) is 5.73 Å². The molecule has 1 amide bonds. The van der Waals surface area contributed by atoms with E-state index in [0.717, 1.165) is 5.56 Å². The topological polar surface area (TPSA) is 68.9 Å². The monoisotopic (exact) mass is 223 g/mol. The zero-order chi connectivity index (χ0) is 12.1. The fraction of sp³-hybridized carbons (Fsp3) is 0. The van der Waals surface area contributed by atoms with Crippen molar-refractivity contribution >= 4 is 5.91 Å². The molecule has 0 aliphatic carbocycles. The Balaban J connectivity index is 2.38. The van der Waals surface area contributed by atoms with Gasteiger partial charge in [0.15, 0.2) is 0 Å². The lowest BCUT2D eigenvalue weighted by Crippen LogP contribution is -2.13. The van der Waals surface area contributed by atoms with Gasteiger partial charge in [0.1, 0.15) is 5.69 Å². The smallest absolute Gasteiger partial charge is 0.251 e. The normalized spacial score (nSPS) is 9.18. The summed E-state index contributed by atoms with van der Waals surface area (Å²) in [4.78, 5) is 19.1. The average molecular weight is 223 g/mol. The zero-order valence-corrected chi connectivity index (χ0v) is 8.92. The summed E-state index contributed by atoms with van der Waals surface area (Å²) in [5.74, 6) is 5.19. The molecule has 17 heavy (non-hydrogen) atoms. The molecule has 2 heterocycles. The lowest BCUT2D eigenvalue weighted by molar-refractivity contribution is 0.0999. The zero-order valence-electron chi connectivity index (χ0n) is 8.92. The third-order valence-electron chi connectivity index (χ3n) is 2.08. The molecule has 2 aromatic rings. The van der Waals surface area contributed by atoms with Gasteiger partial charge in [-0.05, 0) is 30.2 Å². The van der Waals surface area contributed by atoms with Gasteiger partial charge in [-0.3, -0.25) is 9.78 Å². The van der Waals surface area contributed by atoms with Gasteiger partial charge in [-0.15, -0.1) is 0 Å². The van der Waals surface area contributed by atoms with Gasteiger partial charge in [0.2, 0.25) is 0 Å². The number of carbonyl (C=O) groups excluding carboxylic acids is 1. The summed E-state index contributed by atoms with van der Waals surface area (Å²) >= 11 is 0. The minimum atomic E-state index is -0.530. The Morgan fingerprint density at radius 3 is 2.59 bits per heavy atom. The first-order valence-corrected chi connectivity index (χ1v) is 4.94. The van der Waals surface area contributed by atoms with E-state index in [1.807, 2.05) is 0 Å². The second-order valence-corrected chi connectivity index (χ2v) is 3.25. The van der Waals surface area contributed by atoms with Crippen LogP contribution in [-0.4, -0.2) is 15.9 Å². The van der Waals surface area contributed by atoms with Crippen molar-refractivity contribution in [3.8, 4) is 11.8 Å². The Morgan fingerprint density at radius 2 is 1.88 bits per heavy atom. The van der Waals surface area contributed by atoms with Crippen LogP contribution < -0.4 is 5.73 Å². The van der Waals surface area contributed by atoms with Gasteiger partial charge in [-0.25, -0.2) is 4.98 Å². The average Bonchev–Trinajstić information content (AvgIpc) is 2.38. The fourth-order valence-electron chi connectivity index (χ4n) is 1.27. The van der Waals surface area contributed by atoms with Crippen LogP contribution in [0.1, 0.15) is 21.6 Å². The highest BCUT2D eigenvalue weighted by molar-refractivity contribution is 5.94. The Labute approximate surface area is 98.5 Å². The van der Waals surface area contributed by atoms with Gasteiger partial charge >= 0.3 is 0 Å². The molecule has 4 nitrogen and oxygen atoms in total. The number of hydrogen-bond acceptors (Lipinski definition) is 3. The van der Waals surface area contributed by atoms with Crippen LogP contribution in [0.25, 0.3) is 0 Å². The van der Waals surface area contributed by atoms with Crippen molar-refractivity contribution in [3.05, 3.63) is 59.7 Å². The lowest BCUT2D eigenvalue weighted by atomic mass is 10.1. The van der Waals surface area contributed by atoms with Crippen LogP contribution in [0, 0.1) is 11.8 Å². The molecule has 82 valence electrons. The summed E-state index contributed by atoms with van der Waals surface area (Å²) in [7, 11) is 0. The number of aromatic nitrogens is 2. The number of rotatable bonds is 1. The predicted octanol–water partition coefficient (Wildman–Crippen LogP) is 0.975. The number of carbonyl (C=O) groups is 1. The van der Waals surface area contributed by atoms with E-state index in [2.05, 4.69) is 21.8 Å². The predicted molar refractivity (Wildman–Crippen MR) is 63.0 cm³/mol. The van der Waals surface area contributed by atoms with Gasteiger partial charge in [-0.2, -0.15) is 0 Å². The van der Waals surface area contributed by atoms with Crippen molar-refractivity contribution in [2.45, 2.75) is 0 Å². The van der Waals surface area contributed by atoms with Crippen LogP contribution in [-0.2, 0) is 0 Å². The molecule has 0 aliphatic rings. The molecule has 0 bridgehead atoms. The number of nitrogens with zero attached hydrogens (tertiary/aromatic N) is 2. The van der Waals surface area contributed by atoms with E-state index in [1.165, 1.54) is 0 Å². The Kier molecular flexibility index (Phi) is 3.13. The molecule has 0 aromatic carbocycles. The summed E-state index contributed by atoms with van der Waals surface area (Å²) in [6.07, 6.45) is 4.87. The van der Waals surface area contributed by atoms with E-state index in [-0.39, 0.29) is 0 Å². The first kappa shape index (κ1) is 10.8. The highest BCUT2D eigenvalue weighted by Gasteiger charge is 2.05. The second kappa shape index (κ2) is 4.90. The van der Waals surface area contributed by atoms with Gasteiger partial charge < -0.3 is 5.73 Å². The Morgan fingerprint density at radius 1 is 1.12 bits per heavy atom. The maximum Gasteiger partial charge on any atom is 0.251 e. The first-order valence-electron chi connectivity index (χ1n) is 4.94. The van der Waals surface area contributed by atoms with E-state index in [9.17, 15) is 4.79 Å². The number of amides is 1. The molecule has 2 aromatic heterocycles. The maximum absolute atomic E-state index is 11.1. The quantitative estimate of drug-likeness (QED) is 0.732. The van der Waals surface area contributed by atoms with Gasteiger partial charge in [0.25, 0.3) is 5.91 Å². The van der Waals surface area contributed by atoms with Crippen LogP contribution >= 0.6 is 0 Å². The molecule has 2 rings (SSSR count). The van der Waals surface area contributed by atoms with Crippen molar-refractivity contribution in [2.24, 2.45) is 5.73 Å². The molecule has 0 radical (unpaired) electrons. The van der Waals surface area contributed by atoms with E-state index in [1.54, 1.807) is 42.9 Å². The molecule has 0 spiro atoms. The van der Waals surface area contributed by atoms with Crippen molar-refractivity contribution in [1.29, 1.82) is 0 Å². The third-order valence-corrected chi connectivity index (χ3v) is 2.08. The van der Waals surface area contributed by atoms with Gasteiger partial charge in [0.05, 0.1) is 5.56 Å². The summed E-state index contributed by atoms with van der Waals surface area (Å²) in [5, 5.41) is 0. The van der Waals surface area contributed by atoms with Crippen LogP contribution in [0.15, 0.2) is 42.9 Å². The Bertz CT molecular complexity index is 597. The second-order valence-electron chi connectivity index (χ2n) is 3.25. The van der Waals surface area contributed by atoms with Crippen molar-refractivity contribution in [2.75, 3.05) is 0 Å². The maximum atomic E-state index is 11.1. The van der Waals surface area contributed by atoms with E-state index >= 15 is 0 Å². The number of primary amides is 1. The van der Waals surface area contributed by atoms with E-state index < -0.39 is 5.91 Å². The Hall–Kier alpha value is -2.67. The summed E-state index contributed by atoms with van der Waals surface area (Å²) in [6.45, 7) is 0. The third kappa shape index (κ3) is 2.67. The molecule has 0 atom stereocenters. The molecular formula is C13H9N3O. The number of hydrogen-bond donors (Lipinski definition) is 1. The van der Waals surface area contributed by atoms with Gasteiger partial charge in [0, 0.05) is 24.2 Å². The fourth-order valence-corrected chi connectivity index (χ4v) is 1.27. The molecular weight excluding hydrogens is 214 g/mol. The largest absolute Gasteiger partial charge is 0.366 e. The number of nitrogens with two attached hydrogens (primary N) is 1. The highest BCUT2D eigenvalue weighted by atomic mass is 16.1. The van der Waals surface area contributed by atoms with Crippen LogP contribution in [0.5, 0.6) is 0 Å². The summed E-state index contributed by atoms with van der Waals surface area (Å²) in [6, 6.07) is 6.81. The van der Waals surface area contributed by atoms with Crippen LogP contribution in [0.2, 0.25) is 0 Å². The number of pyridine rings is 2. The minimum absolute atomic E-state index is 0.328. The molecule has 0 saturated carbocycles. The molecule has 0 aliphatic heterocycles. The van der Waals surface area contributed by atoms with Crippen molar-refractivity contribution in [1.82, 2.24) is 9.97 Å². The standard InChI is InChI=1S/C13H9N3O/c14-13(17)11-2-1-7-16-12(11)4-3-10-5-8-15-9-6-10/h1-2,5-9H,(H2,14,17).